The predicted molar refractivity (Wildman–Crippen MR) is 69.9 cm³/mol. The number of carbonyl (C=O) groups is 2. The average Bonchev–Trinajstić information content (AvgIpc) is 2.64. The van der Waals surface area contributed by atoms with Gasteiger partial charge in [-0.1, -0.05) is 34.6 Å². The molecule has 102 valence electrons. The van der Waals surface area contributed by atoms with E-state index in [0.717, 1.165) is 0 Å². The first-order valence-corrected chi connectivity index (χ1v) is 6.78. The second-order valence-electron chi connectivity index (χ2n) is 6.75. The van der Waals surface area contributed by atoms with Gasteiger partial charge in [0.2, 0.25) is 11.8 Å². The third-order valence-corrected chi connectivity index (χ3v) is 5.23. The van der Waals surface area contributed by atoms with Crippen molar-refractivity contribution < 1.29 is 9.59 Å². The zero-order valence-electron chi connectivity index (χ0n) is 12.2. The lowest BCUT2D eigenvalue weighted by Gasteiger charge is -2.39. The highest BCUT2D eigenvalue weighted by Crippen LogP contribution is 2.65. The van der Waals surface area contributed by atoms with Gasteiger partial charge in [-0.2, -0.15) is 0 Å². The fraction of sp³-hybridized carbons (Fsp3) is 0.857. The Morgan fingerprint density at radius 3 is 2.06 bits per heavy atom. The highest BCUT2D eigenvalue weighted by Gasteiger charge is 2.69. The molecule has 1 saturated heterocycles. The molecule has 1 N–H and O–H groups in total. The number of hydrogen-bond acceptors (Lipinski definition) is 2. The maximum absolute atomic E-state index is 12.4. The van der Waals surface area contributed by atoms with Crippen molar-refractivity contribution in [3.8, 4) is 0 Å². The Labute approximate surface area is 109 Å². The van der Waals surface area contributed by atoms with Crippen LogP contribution in [0.5, 0.6) is 0 Å². The largest absolute Gasteiger partial charge is 0.343 e. The first-order chi connectivity index (χ1) is 8.16. The smallest absolute Gasteiger partial charge is 0.245 e. The van der Waals surface area contributed by atoms with Crippen molar-refractivity contribution in [3.63, 3.8) is 0 Å². The summed E-state index contributed by atoms with van der Waals surface area (Å²) in [4.78, 5) is 26.3. The zero-order valence-corrected chi connectivity index (χ0v) is 12.2. The van der Waals surface area contributed by atoms with Crippen LogP contribution < -0.4 is 5.32 Å². The van der Waals surface area contributed by atoms with Crippen LogP contribution in [0, 0.1) is 10.8 Å². The Hall–Kier alpha value is -1.06. The molecule has 1 aliphatic carbocycles. The minimum absolute atomic E-state index is 0.0110. The molecule has 0 aromatic carbocycles. The molecule has 2 aliphatic rings. The van der Waals surface area contributed by atoms with Gasteiger partial charge < -0.3 is 10.2 Å². The van der Waals surface area contributed by atoms with Crippen LogP contribution >= 0.6 is 0 Å². The van der Waals surface area contributed by atoms with Crippen LogP contribution in [0.25, 0.3) is 0 Å². The molecule has 1 heterocycles. The van der Waals surface area contributed by atoms with Crippen LogP contribution in [0.3, 0.4) is 0 Å². The maximum atomic E-state index is 12.4. The van der Waals surface area contributed by atoms with Crippen molar-refractivity contribution >= 4 is 11.8 Å². The number of nitrogens with zero attached hydrogens (tertiary/aromatic N) is 1. The van der Waals surface area contributed by atoms with E-state index in [1.807, 2.05) is 11.8 Å². The van der Waals surface area contributed by atoms with Crippen LogP contribution in [-0.4, -0.2) is 34.8 Å². The highest BCUT2D eigenvalue weighted by atomic mass is 16.2. The summed E-state index contributed by atoms with van der Waals surface area (Å²) >= 11 is 0. The minimum atomic E-state index is -0.396. The number of rotatable bonds is 2. The van der Waals surface area contributed by atoms with Crippen LogP contribution in [0.4, 0.5) is 0 Å². The molecule has 1 aliphatic heterocycles. The van der Waals surface area contributed by atoms with Gasteiger partial charge in [0.1, 0.15) is 12.1 Å². The van der Waals surface area contributed by atoms with E-state index in [0.29, 0.717) is 6.42 Å². The molecule has 2 rings (SSSR count). The lowest BCUT2D eigenvalue weighted by Crippen LogP contribution is -2.63. The SMILES string of the molecule is CCC1C(=O)NC(C)C(=O)N1C1C(C)(C)C1(C)C. The monoisotopic (exact) mass is 252 g/mol. The van der Waals surface area contributed by atoms with Crippen LogP contribution in [0.15, 0.2) is 0 Å². The molecule has 0 radical (unpaired) electrons. The van der Waals surface area contributed by atoms with Gasteiger partial charge in [0.15, 0.2) is 0 Å². The summed E-state index contributed by atoms with van der Waals surface area (Å²) in [6.45, 7) is 12.4. The summed E-state index contributed by atoms with van der Waals surface area (Å²) in [6, 6.07) is -0.539. The van der Waals surface area contributed by atoms with Crippen molar-refractivity contribution in [2.45, 2.75) is 66.1 Å². The summed E-state index contributed by atoms with van der Waals surface area (Å²) in [7, 11) is 0. The molecule has 2 amide bonds. The molecule has 4 heteroatoms. The maximum Gasteiger partial charge on any atom is 0.245 e. The molecule has 0 aromatic heterocycles. The van der Waals surface area contributed by atoms with Crippen LogP contribution in [0.1, 0.15) is 48.0 Å². The van der Waals surface area contributed by atoms with Gasteiger partial charge in [-0.3, -0.25) is 9.59 Å². The third-order valence-electron chi connectivity index (χ3n) is 5.23. The molecular weight excluding hydrogens is 228 g/mol. The first kappa shape index (κ1) is 13.4. The number of piperazine rings is 1. The van der Waals surface area contributed by atoms with Crippen molar-refractivity contribution in [2.75, 3.05) is 0 Å². The van der Waals surface area contributed by atoms with E-state index in [2.05, 4.69) is 33.0 Å². The van der Waals surface area contributed by atoms with Gasteiger partial charge in [0.05, 0.1) is 0 Å². The second kappa shape index (κ2) is 3.72. The van der Waals surface area contributed by atoms with E-state index in [-0.39, 0.29) is 34.7 Å². The van der Waals surface area contributed by atoms with E-state index in [9.17, 15) is 9.59 Å². The second-order valence-corrected chi connectivity index (χ2v) is 6.75. The van der Waals surface area contributed by atoms with Crippen molar-refractivity contribution in [1.29, 1.82) is 0 Å². The Morgan fingerprint density at radius 1 is 1.17 bits per heavy atom. The molecule has 0 bridgehead atoms. The minimum Gasteiger partial charge on any atom is -0.343 e. The fourth-order valence-electron chi connectivity index (χ4n) is 3.42. The fourth-order valence-corrected chi connectivity index (χ4v) is 3.42. The molecule has 0 aromatic rings. The van der Waals surface area contributed by atoms with E-state index < -0.39 is 6.04 Å². The lowest BCUT2D eigenvalue weighted by molar-refractivity contribution is -0.150. The molecular formula is C14H24N2O2. The van der Waals surface area contributed by atoms with Gasteiger partial charge in [-0.15, -0.1) is 0 Å². The molecule has 2 atom stereocenters. The molecule has 0 spiro atoms. The molecule has 1 saturated carbocycles. The highest BCUT2D eigenvalue weighted by molar-refractivity contribution is 5.97. The number of nitrogens with one attached hydrogen (secondary N) is 1. The summed E-state index contributed by atoms with van der Waals surface area (Å²) in [6.07, 6.45) is 0.674. The quantitative estimate of drug-likeness (QED) is 0.810. The van der Waals surface area contributed by atoms with Crippen LogP contribution in [0.2, 0.25) is 0 Å². The van der Waals surface area contributed by atoms with Crippen molar-refractivity contribution in [2.24, 2.45) is 10.8 Å². The lowest BCUT2D eigenvalue weighted by atomic mass is 10.0. The number of hydrogen-bond donors (Lipinski definition) is 1. The Morgan fingerprint density at radius 2 is 1.67 bits per heavy atom. The van der Waals surface area contributed by atoms with Crippen molar-refractivity contribution in [1.82, 2.24) is 10.2 Å². The van der Waals surface area contributed by atoms with Crippen LogP contribution in [-0.2, 0) is 9.59 Å². The Balaban J connectivity index is 2.35. The Kier molecular flexibility index (Phi) is 2.76. The number of amides is 2. The normalized spacial score (nSPS) is 34.4. The van der Waals surface area contributed by atoms with E-state index in [1.54, 1.807) is 6.92 Å². The van der Waals surface area contributed by atoms with Gasteiger partial charge in [0.25, 0.3) is 0 Å². The predicted octanol–water partition coefficient (Wildman–Crippen LogP) is 1.55. The summed E-state index contributed by atoms with van der Waals surface area (Å²) < 4.78 is 0. The standard InChI is InChI=1S/C14H24N2O2/c1-7-9-10(17)15-8(2)11(18)16(9)12-13(3,4)14(12,5)6/h8-9,12H,7H2,1-6H3,(H,15,17). The third kappa shape index (κ3) is 1.50. The summed E-state index contributed by atoms with van der Waals surface area (Å²) in [5.74, 6) is 0.0493. The van der Waals surface area contributed by atoms with Gasteiger partial charge in [-0.05, 0) is 24.2 Å². The van der Waals surface area contributed by atoms with Gasteiger partial charge >= 0.3 is 0 Å². The summed E-state index contributed by atoms with van der Waals surface area (Å²) in [5.41, 5.74) is 0.154. The van der Waals surface area contributed by atoms with Gasteiger partial charge in [0, 0.05) is 6.04 Å². The molecule has 2 unspecified atom stereocenters. The zero-order chi connectivity index (χ0) is 13.9. The summed E-state index contributed by atoms with van der Waals surface area (Å²) in [5, 5.41) is 2.77. The van der Waals surface area contributed by atoms with E-state index in [1.165, 1.54) is 0 Å². The average molecular weight is 252 g/mol. The van der Waals surface area contributed by atoms with Gasteiger partial charge in [-0.25, -0.2) is 0 Å². The molecule has 2 fully saturated rings. The first-order valence-electron chi connectivity index (χ1n) is 6.78. The van der Waals surface area contributed by atoms with E-state index >= 15 is 0 Å². The van der Waals surface area contributed by atoms with E-state index in [4.69, 9.17) is 0 Å². The molecule has 4 nitrogen and oxygen atoms in total. The topological polar surface area (TPSA) is 49.4 Å². The molecule has 18 heavy (non-hydrogen) atoms. The Bertz CT molecular complexity index is 387. The van der Waals surface area contributed by atoms with Crippen molar-refractivity contribution in [3.05, 3.63) is 0 Å². The number of carbonyl (C=O) groups excluding carboxylic acids is 2.